The summed E-state index contributed by atoms with van der Waals surface area (Å²) in [6, 6.07) is 17.7. The van der Waals surface area contributed by atoms with Crippen LogP contribution in [0.1, 0.15) is 20.8 Å². The Morgan fingerprint density at radius 3 is 2.08 bits per heavy atom. The maximum atomic E-state index is 12.1. The lowest BCUT2D eigenvalue weighted by Gasteiger charge is -2.07. The molecule has 0 aliphatic carbocycles. The minimum absolute atomic E-state index is 0.227. The molecule has 1 aromatic carbocycles. The van der Waals surface area contributed by atoms with Crippen LogP contribution in [-0.2, 0) is 0 Å². The van der Waals surface area contributed by atoms with E-state index in [1.165, 1.54) is 18.0 Å². The summed E-state index contributed by atoms with van der Waals surface area (Å²) in [6.07, 6.45) is 3.24. The molecule has 0 spiro atoms. The van der Waals surface area contributed by atoms with E-state index in [0.29, 0.717) is 5.56 Å². The number of pyridine rings is 2. The number of hydrazine groups is 1. The molecule has 0 unspecified atom stereocenters. The van der Waals surface area contributed by atoms with Gasteiger partial charge in [0, 0.05) is 22.9 Å². The average Bonchev–Trinajstić information content (AvgIpc) is 2.68. The predicted octanol–water partition coefficient (Wildman–Crippen LogP) is 2.70. The topological polar surface area (TPSA) is 84.0 Å². The van der Waals surface area contributed by atoms with Crippen molar-refractivity contribution < 1.29 is 9.59 Å². The van der Waals surface area contributed by atoms with Crippen LogP contribution in [0.4, 0.5) is 0 Å². The van der Waals surface area contributed by atoms with Crippen LogP contribution in [0.5, 0.6) is 0 Å². The molecule has 2 heterocycles. The smallest absolute Gasteiger partial charge is 0.267 e. The van der Waals surface area contributed by atoms with Gasteiger partial charge in [-0.15, -0.1) is 0 Å². The van der Waals surface area contributed by atoms with Gasteiger partial charge in [0.15, 0.2) is 0 Å². The van der Waals surface area contributed by atoms with Crippen LogP contribution >= 0.6 is 11.8 Å². The van der Waals surface area contributed by atoms with Gasteiger partial charge < -0.3 is 0 Å². The van der Waals surface area contributed by atoms with Crippen molar-refractivity contribution in [3.05, 3.63) is 84.3 Å². The molecule has 0 radical (unpaired) electrons. The van der Waals surface area contributed by atoms with Gasteiger partial charge in [0.2, 0.25) is 0 Å². The van der Waals surface area contributed by atoms with E-state index in [0.717, 1.165) is 9.92 Å². The predicted molar refractivity (Wildman–Crippen MR) is 94.0 cm³/mol. The first-order valence-electron chi connectivity index (χ1n) is 7.43. The van der Waals surface area contributed by atoms with E-state index >= 15 is 0 Å². The van der Waals surface area contributed by atoms with Gasteiger partial charge in [-0.25, -0.2) is 4.98 Å². The van der Waals surface area contributed by atoms with E-state index in [2.05, 4.69) is 20.8 Å². The van der Waals surface area contributed by atoms with Crippen molar-refractivity contribution in [3.63, 3.8) is 0 Å². The van der Waals surface area contributed by atoms with Crippen LogP contribution in [0.3, 0.4) is 0 Å². The average molecular weight is 350 g/mol. The summed E-state index contributed by atoms with van der Waals surface area (Å²) in [4.78, 5) is 33.0. The standard InChI is InChI=1S/C18H14N4O2S/c23-17(21-22-18(24)15-5-1-3-11-19-15)13-7-9-14(10-8-13)25-16-6-2-4-12-20-16/h1-12H,(H,21,23)(H,22,24). The number of carbonyl (C=O) groups is 2. The van der Waals surface area contributed by atoms with Gasteiger partial charge in [0.25, 0.3) is 11.8 Å². The minimum atomic E-state index is -0.476. The fraction of sp³-hybridized carbons (Fsp3) is 0. The number of nitrogens with zero attached hydrogens (tertiary/aromatic N) is 2. The Hall–Kier alpha value is -3.19. The van der Waals surface area contributed by atoms with Gasteiger partial charge in [-0.1, -0.05) is 23.9 Å². The second kappa shape index (κ2) is 8.07. The first-order valence-corrected chi connectivity index (χ1v) is 8.25. The van der Waals surface area contributed by atoms with E-state index < -0.39 is 11.8 Å². The molecule has 3 rings (SSSR count). The normalized spacial score (nSPS) is 10.1. The Morgan fingerprint density at radius 2 is 1.44 bits per heavy atom. The number of carbonyl (C=O) groups excluding carboxylic acids is 2. The number of hydrogen-bond donors (Lipinski definition) is 2. The summed E-state index contributed by atoms with van der Waals surface area (Å²) in [6.45, 7) is 0. The molecule has 124 valence electrons. The van der Waals surface area contributed by atoms with Gasteiger partial charge in [0.05, 0.1) is 0 Å². The van der Waals surface area contributed by atoms with Gasteiger partial charge in [-0.05, 0) is 48.5 Å². The molecule has 2 amide bonds. The summed E-state index contributed by atoms with van der Waals surface area (Å²) in [7, 11) is 0. The third kappa shape index (κ3) is 4.65. The Kier molecular flexibility index (Phi) is 5.38. The summed E-state index contributed by atoms with van der Waals surface area (Å²) < 4.78 is 0. The van der Waals surface area contributed by atoms with E-state index in [9.17, 15) is 9.59 Å². The molecular weight excluding hydrogens is 336 g/mol. The van der Waals surface area contributed by atoms with Crippen molar-refractivity contribution in [2.75, 3.05) is 0 Å². The number of amides is 2. The molecule has 7 heteroatoms. The van der Waals surface area contributed by atoms with Crippen LogP contribution < -0.4 is 10.9 Å². The summed E-state index contributed by atoms with van der Waals surface area (Å²) in [5, 5.41) is 0.877. The molecule has 0 saturated heterocycles. The number of hydrogen-bond acceptors (Lipinski definition) is 5. The molecule has 2 aromatic heterocycles. The molecule has 0 fully saturated rings. The second-order valence-electron chi connectivity index (χ2n) is 4.92. The molecule has 0 aliphatic rings. The van der Waals surface area contributed by atoms with Crippen molar-refractivity contribution in [3.8, 4) is 0 Å². The lowest BCUT2D eigenvalue weighted by molar-refractivity contribution is 0.0844. The zero-order valence-electron chi connectivity index (χ0n) is 13.0. The Balaban J connectivity index is 1.56. The minimum Gasteiger partial charge on any atom is -0.267 e. The lowest BCUT2D eigenvalue weighted by atomic mass is 10.2. The van der Waals surface area contributed by atoms with Crippen molar-refractivity contribution in [2.45, 2.75) is 9.92 Å². The molecule has 3 aromatic rings. The Labute approximate surface area is 148 Å². The number of benzene rings is 1. The SMILES string of the molecule is O=C(NNC(=O)c1ccccn1)c1ccc(Sc2ccccn2)cc1. The fourth-order valence-corrected chi connectivity index (χ4v) is 2.72. The Morgan fingerprint density at radius 1 is 0.760 bits per heavy atom. The van der Waals surface area contributed by atoms with E-state index in [4.69, 9.17) is 0 Å². The maximum Gasteiger partial charge on any atom is 0.288 e. The van der Waals surface area contributed by atoms with Crippen molar-refractivity contribution in [1.29, 1.82) is 0 Å². The third-order valence-electron chi connectivity index (χ3n) is 3.16. The molecule has 0 atom stereocenters. The molecule has 0 aliphatic heterocycles. The van der Waals surface area contributed by atoms with E-state index in [1.54, 1.807) is 36.5 Å². The fourth-order valence-electron chi connectivity index (χ4n) is 1.95. The van der Waals surface area contributed by atoms with Crippen LogP contribution in [0.15, 0.2) is 83.0 Å². The Bertz CT molecular complexity index is 855. The maximum absolute atomic E-state index is 12.1. The van der Waals surface area contributed by atoms with Gasteiger partial charge in [-0.2, -0.15) is 0 Å². The highest BCUT2D eigenvalue weighted by molar-refractivity contribution is 7.99. The van der Waals surface area contributed by atoms with Crippen molar-refractivity contribution in [1.82, 2.24) is 20.8 Å². The quantitative estimate of drug-likeness (QED) is 0.707. The number of rotatable bonds is 4. The summed E-state index contributed by atoms with van der Waals surface area (Å²) in [5.74, 6) is -0.880. The number of nitrogens with one attached hydrogen (secondary N) is 2. The van der Waals surface area contributed by atoms with Gasteiger partial charge >= 0.3 is 0 Å². The summed E-state index contributed by atoms with van der Waals surface area (Å²) >= 11 is 1.50. The monoisotopic (exact) mass is 350 g/mol. The zero-order chi connectivity index (χ0) is 17.5. The zero-order valence-corrected chi connectivity index (χ0v) is 13.9. The van der Waals surface area contributed by atoms with E-state index in [-0.39, 0.29) is 5.69 Å². The largest absolute Gasteiger partial charge is 0.288 e. The highest BCUT2D eigenvalue weighted by atomic mass is 32.2. The van der Waals surface area contributed by atoms with Crippen LogP contribution in [0, 0.1) is 0 Å². The van der Waals surface area contributed by atoms with Crippen LogP contribution in [-0.4, -0.2) is 21.8 Å². The first kappa shape index (κ1) is 16.7. The first-order chi connectivity index (χ1) is 12.2. The van der Waals surface area contributed by atoms with Crippen LogP contribution in [0.2, 0.25) is 0 Å². The van der Waals surface area contributed by atoms with Gasteiger partial charge in [0.1, 0.15) is 10.7 Å². The number of aromatic nitrogens is 2. The molecule has 6 nitrogen and oxygen atoms in total. The van der Waals surface area contributed by atoms with Crippen LogP contribution in [0.25, 0.3) is 0 Å². The molecule has 0 bridgehead atoms. The highest BCUT2D eigenvalue weighted by Crippen LogP contribution is 2.25. The van der Waals surface area contributed by atoms with Crippen molar-refractivity contribution >= 4 is 23.6 Å². The third-order valence-corrected chi connectivity index (χ3v) is 4.12. The second-order valence-corrected chi connectivity index (χ2v) is 6.01. The van der Waals surface area contributed by atoms with Gasteiger partial charge in [-0.3, -0.25) is 25.4 Å². The summed E-state index contributed by atoms with van der Waals surface area (Å²) in [5.41, 5.74) is 5.37. The molecule has 25 heavy (non-hydrogen) atoms. The highest BCUT2D eigenvalue weighted by Gasteiger charge is 2.10. The van der Waals surface area contributed by atoms with Crippen molar-refractivity contribution in [2.24, 2.45) is 0 Å². The molecular formula is C18H14N4O2S. The molecule has 0 saturated carbocycles. The molecule has 2 N–H and O–H groups in total. The lowest BCUT2D eigenvalue weighted by Crippen LogP contribution is -2.41. The van der Waals surface area contributed by atoms with E-state index in [1.807, 2.05) is 30.3 Å².